The molecule has 2 aromatic rings. The third kappa shape index (κ3) is 5.02. The van der Waals surface area contributed by atoms with E-state index in [4.69, 9.17) is 14.2 Å². The number of rotatable bonds is 6. The Morgan fingerprint density at radius 2 is 1.39 bits per heavy atom. The Kier molecular flexibility index (Phi) is 7.67. The second-order valence-corrected chi connectivity index (χ2v) is 4.51. The molecule has 0 aliphatic rings. The number of hydrogen-bond acceptors (Lipinski definition) is 4. The zero-order valence-corrected chi connectivity index (χ0v) is 14.4. The number of carbonyl (C=O) groups is 1. The van der Waals surface area contributed by atoms with Crippen molar-refractivity contribution in [3.05, 3.63) is 53.6 Å². The molecule has 0 bridgehead atoms. The van der Waals surface area contributed by atoms with Crippen LogP contribution in [0.3, 0.4) is 0 Å². The maximum Gasteiger partial charge on any atom is 0.167 e. The van der Waals surface area contributed by atoms with Crippen molar-refractivity contribution in [1.82, 2.24) is 0 Å². The van der Waals surface area contributed by atoms with Gasteiger partial charge in [-0.05, 0) is 42.5 Å². The van der Waals surface area contributed by atoms with Gasteiger partial charge in [-0.15, -0.1) is 0 Å². The van der Waals surface area contributed by atoms with Crippen molar-refractivity contribution in [2.75, 3.05) is 21.3 Å². The SMILES string of the molecule is CC.COc1ccc(C(=O)Cc2cc(OC)ccc2OC)cc1. The van der Waals surface area contributed by atoms with Crippen LogP contribution >= 0.6 is 0 Å². The minimum atomic E-state index is 0.0178. The highest BCUT2D eigenvalue weighted by atomic mass is 16.5. The monoisotopic (exact) mass is 316 g/mol. The third-order valence-corrected chi connectivity index (χ3v) is 3.25. The van der Waals surface area contributed by atoms with Gasteiger partial charge >= 0.3 is 0 Å². The van der Waals surface area contributed by atoms with Crippen LogP contribution in [0, 0.1) is 0 Å². The van der Waals surface area contributed by atoms with Crippen LogP contribution in [0.2, 0.25) is 0 Å². The van der Waals surface area contributed by atoms with Crippen molar-refractivity contribution < 1.29 is 19.0 Å². The first kappa shape index (κ1) is 18.6. The van der Waals surface area contributed by atoms with Crippen molar-refractivity contribution in [2.24, 2.45) is 0 Å². The predicted molar refractivity (Wildman–Crippen MR) is 91.9 cm³/mol. The van der Waals surface area contributed by atoms with Crippen LogP contribution in [0.5, 0.6) is 17.2 Å². The Labute approximate surface area is 138 Å². The van der Waals surface area contributed by atoms with Gasteiger partial charge in [0.15, 0.2) is 5.78 Å². The molecule has 0 saturated heterocycles. The maximum absolute atomic E-state index is 12.3. The minimum absolute atomic E-state index is 0.0178. The van der Waals surface area contributed by atoms with Crippen LogP contribution in [0.25, 0.3) is 0 Å². The molecule has 0 heterocycles. The van der Waals surface area contributed by atoms with Crippen LogP contribution in [0.4, 0.5) is 0 Å². The lowest BCUT2D eigenvalue weighted by molar-refractivity contribution is 0.0992. The Hall–Kier alpha value is -2.49. The Morgan fingerprint density at radius 3 is 1.91 bits per heavy atom. The number of hydrogen-bond donors (Lipinski definition) is 0. The number of ether oxygens (including phenoxy) is 3. The van der Waals surface area contributed by atoms with Crippen LogP contribution < -0.4 is 14.2 Å². The summed E-state index contributed by atoms with van der Waals surface area (Å²) in [7, 11) is 4.78. The molecule has 0 atom stereocenters. The van der Waals surface area contributed by atoms with E-state index < -0.39 is 0 Å². The molecule has 4 heteroatoms. The first-order valence-corrected chi connectivity index (χ1v) is 7.56. The number of ketones is 1. The second-order valence-electron chi connectivity index (χ2n) is 4.51. The van der Waals surface area contributed by atoms with Gasteiger partial charge in [-0.1, -0.05) is 13.8 Å². The summed E-state index contributed by atoms with van der Waals surface area (Å²) in [5, 5.41) is 0. The van der Waals surface area contributed by atoms with Crippen molar-refractivity contribution in [2.45, 2.75) is 20.3 Å². The number of carbonyl (C=O) groups excluding carboxylic acids is 1. The van der Waals surface area contributed by atoms with E-state index in [1.165, 1.54) is 0 Å². The normalized spacial score (nSPS) is 9.43. The fraction of sp³-hybridized carbons (Fsp3) is 0.316. The van der Waals surface area contributed by atoms with E-state index in [9.17, 15) is 4.79 Å². The van der Waals surface area contributed by atoms with Gasteiger partial charge in [-0.2, -0.15) is 0 Å². The summed E-state index contributed by atoms with van der Waals surface area (Å²) in [6.07, 6.45) is 0.257. The number of benzene rings is 2. The molecule has 0 N–H and O–H groups in total. The average Bonchev–Trinajstić information content (AvgIpc) is 2.63. The van der Waals surface area contributed by atoms with E-state index in [1.807, 2.05) is 19.9 Å². The highest BCUT2D eigenvalue weighted by Crippen LogP contribution is 2.25. The highest BCUT2D eigenvalue weighted by Gasteiger charge is 2.12. The van der Waals surface area contributed by atoms with E-state index in [2.05, 4.69) is 0 Å². The standard InChI is InChI=1S/C17H18O4.C2H6/c1-19-14-6-4-12(5-7-14)16(18)11-13-10-15(20-2)8-9-17(13)21-3;1-2/h4-10H,11H2,1-3H3;1-2H3. The lowest BCUT2D eigenvalue weighted by Gasteiger charge is -2.10. The number of Topliss-reactive ketones (excluding diaryl/α,β-unsaturated/α-hetero) is 1. The van der Waals surface area contributed by atoms with E-state index in [-0.39, 0.29) is 12.2 Å². The lowest BCUT2D eigenvalue weighted by atomic mass is 10.0. The van der Waals surface area contributed by atoms with Crippen molar-refractivity contribution in [1.29, 1.82) is 0 Å². The summed E-state index contributed by atoms with van der Waals surface area (Å²) in [4.78, 5) is 12.3. The molecule has 0 spiro atoms. The van der Waals surface area contributed by atoms with Crippen molar-refractivity contribution in [3.8, 4) is 17.2 Å². The summed E-state index contributed by atoms with van der Waals surface area (Å²) >= 11 is 0. The lowest BCUT2D eigenvalue weighted by Crippen LogP contribution is -2.05. The Morgan fingerprint density at radius 1 is 0.826 bits per heavy atom. The summed E-state index contributed by atoms with van der Waals surface area (Å²) in [5.74, 6) is 2.13. The van der Waals surface area contributed by atoms with Crippen LogP contribution in [-0.4, -0.2) is 27.1 Å². The molecule has 0 unspecified atom stereocenters. The van der Waals surface area contributed by atoms with Crippen LogP contribution in [0.1, 0.15) is 29.8 Å². The first-order chi connectivity index (χ1) is 11.2. The molecule has 2 aromatic carbocycles. The molecule has 0 fully saturated rings. The Bertz CT molecular complexity index is 618. The molecule has 124 valence electrons. The quantitative estimate of drug-likeness (QED) is 0.751. The number of methoxy groups -OCH3 is 3. The van der Waals surface area contributed by atoms with Gasteiger partial charge in [0.1, 0.15) is 17.2 Å². The smallest absolute Gasteiger partial charge is 0.167 e. The topological polar surface area (TPSA) is 44.8 Å². The first-order valence-electron chi connectivity index (χ1n) is 7.56. The van der Waals surface area contributed by atoms with Gasteiger partial charge in [-0.25, -0.2) is 0 Å². The molecule has 0 saturated carbocycles. The Balaban J connectivity index is 0.00000127. The molecule has 23 heavy (non-hydrogen) atoms. The molecule has 0 aromatic heterocycles. The molecule has 2 rings (SSSR count). The van der Waals surface area contributed by atoms with E-state index in [0.29, 0.717) is 17.1 Å². The summed E-state index contributed by atoms with van der Waals surface area (Å²) in [5.41, 5.74) is 1.44. The molecule has 0 aliphatic heterocycles. The third-order valence-electron chi connectivity index (χ3n) is 3.25. The molecule has 0 aliphatic carbocycles. The van der Waals surface area contributed by atoms with Crippen LogP contribution in [0.15, 0.2) is 42.5 Å². The zero-order chi connectivity index (χ0) is 17.2. The van der Waals surface area contributed by atoms with E-state index >= 15 is 0 Å². The van der Waals surface area contributed by atoms with Crippen LogP contribution in [-0.2, 0) is 6.42 Å². The maximum atomic E-state index is 12.3. The summed E-state index contributed by atoms with van der Waals surface area (Å²) < 4.78 is 15.6. The van der Waals surface area contributed by atoms with Gasteiger partial charge in [0.05, 0.1) is 21.3 Å². The van der Waals surface area contributed by atoms with E-state index in [0.717, 1.165) is 11.3 Å². The van der Waals surface area contributed by atoms with Gasteiger partial charge in [0.2, 0.25) is 0 Å². The minimum Gasteiger partial charge on any atom is -0.497 e. The highest BCUT2D eigenvalue weighted by molar-refractivity contribution is 5.98. The predicted octanol–water partition coefficient (Wildman–Crippen LogP) is 4.16. The van der Waals surface area contributed by atoms with Gasteiger partial charge < -0.3 is 14.2 Å². The molecular weight excluding hydrogens is 292 g/mol. The van der Waals surface area contributed by atoms with Crippen molar-refractivity contribution in [3.63, 3.8) is 0 Å². The summed E-state index contributed by atoms with van der Waals surface area (Å²) in [6, 6.07) is 12.5. The molecule has 0 radical (unpaired) electrons. The van der Waals surface area contributed by atoms with E-state index in [1.54, 1.807) is 57.7 Å². The molecule has 4 nitrogen and oxygen atoms in total. The second kappa shape index (κ2) is 9.51. The molecule has 0 amide bonds. The summed E-state index contributed by atoms with van der Waals surface area (Å²) in [6.45, 7) is 4.00. The van der Waals surface area contributed by atoms with Gasteiger partial charge in [0.25, 0.3) is 0 Å². The molecular formula is C19H24O4. The van der Waals surface area contributed by atoms with Gasteiger partial charge in [0, 0.05) is 17.5 Å². The van der Waals surface area contributed by atoms with Crippen molar-refractivity contribution >= 4 is 5.78 Å². The fourth-order valence-electron chi connectivity index (χ4n) is 2.07. The fourth-order valence-corrected chi connectivity index (χ4v) is 2.07. The largest absolute Gasteiger partial charge is 0.497 e. The average molecular weight is 316 g/mol. The zero-order valence-electron chi connectivity index (χ0n) is 14.4. The van der Waals surface area contributed by atoms with Gasteiger partial charge in [-0.3, -0.25) is 4.79 Å².